The van der Waals surface area contributed by atoms with Gasteiger partial charge in [-0.05, 0) is 35.7 Å². The highest BCUT2D eigenvalue weighted by Crippen LogP contribution is 2.24. The van der Waals surface area contributed by atoms with E-state index < -0.39 is 6.03 Å². The van der Waals surface area contributed by atoms with Crippen molar-refractivity contribution in [2.45, 2.75) is 6.92 Å². The van der Waals surface area contributed by atoms with Crippen LogP contribution in [0.25, 0.3) is 11.1 Å². The van der Waals surface area contributed by atoms with Crippen LogP contribution in [0.15, 0.2) is 48.5 Å². The van der Waals surface area contributed by atoms with E-state index in [9.17, 15) is 9.59 Å². The van der Waals surface area contributed by atoms with E-state index in [0.29, 0.717) is 12.1 Å². The summed E-state index contributed by atoms with van der Waals surface area (Å²) in [5, 5.41) is 4.65. The van der Waals surface area contributed by atoms with Gasteiger partial charge in [0.15, 0.2) is 0 Å². The number of imide groups is 1. The van der Waals surface area contributed by atoms with Crippen LogP contribution in [0.1, 0.15) is 5.56 Å². The Balaban J connectivity index is 2.22. The lowest BCUT2D eigenvalue weighted by Gasteiger charge is -2.09. The molecule has 0 radical (unpaired) electrons. The van der Waals surface area contributed by atoms with Gasteiger partial charge in [-0.15, -0.1) is 0 Å². The van der Waals surface area contributed by atoms with Crippen LogP contribution in [0.5, 0.6) is 0 Å². The summed E-state index contributed by atoms with van der Waals surface area (Å²) in [6, 6.07) is 15.2. The number of carbonyl (C=O) groups is 2. The largest absolute Gasteiger partial charge is 0.325 e. The van der Waals surface area contributed by atoms with Crippen LogP contribution in [0.2, 0.25) is 0 Å². The molecule has 0 aliphatic carbocycles. The van der Waals surface area contributed by atoms with Gasteiger partial charge in [0.2, 0.25) is 6.41 Å². The Kier molecular flexibility index (Phi) is 3.93. The molecule has 0 aliphatic rings. The smallest absolute Gasteiger partial charge is 0.307 e. The maximum Gasteiger partial charge on any atom is 0.325 e. The van der Waals surface area contributed by atoms with Crippen LogP contribution in [0.4, 0.5) is 10.5 Å². The Hall–Kier alpha value is -2.62. The van der Waals surface area contributed by atoms with Gasteiger partial charge >= 0.3 is 6.03 Å². The van der Waals surface area contributed by atoms with Crippen molar-refractivity contribution in [3.63, 3.8) is 0 Å². The molecule has 0 atom stereocenters. The van der Waals surface area contributed by atoms with E-state index in [1.165, 1.54) is 0 Å². The van der Waals surface area contributed by atoms with Crippen molar-refractivity contribution in [3.05, 3.63) is 54.1 Å². The predicted octanol–water partition coefficient (Wildman–Crippen LogP) is 2.94. The second kappa shape index (κ2) is 5.82. The van der Waals surface area contributed by atoms with Crippen molar-refractivity contribution in [1.82, 2.24) is 5.32 Å². The van der Waals surface area contributed by atoms with E-state index in [0.717, 1.165) is 16.7 Å². The van der Waals surface area contributed by atoms with Gasteiger partial charge in [-0.3, -0.25) is 10.1 Å². The van der Waals surface area contributed by atoms with Gasteiger partial charge in [0.25, 0.3) is 0 Å². The van der Waals surface area contributed by atoms with Crippen LogP contribution in [-0.2, 0) is 4.79 Å². The fourth-order valence-corrected chi connectivity index (χ4v) is 1.83. The Morgan fingerprint density at radius 3 is 2.42 bits per heavy atom. The molecule has 0 aliphatic heterocycles. The number of amides is 3. The number of urea groups is 1. The molecule has 96 valence electrons. The molecular weight excluding hydrogens is 240 g/mol. The summed E-state index contributed by atoms with van der Waals surface area (Å²) in [4.78, 5) is 21.4. The molecule has 0 unspecified atom stereocenters. The van der Waals surface area contributed by atoms with Crippen molar-refractivity contribution in [1.29, 1.82) is 0 Å². The standard InChI is InChI=1S/C15H14N2O2/c1-11-9-13(12-5-3-2-4-6-12)7-8-14(11)17-15(19)16-10-18/h2-10H,1H3,(H2,16,17,18,19). The summed E-state index contributed by atoms with van der Waals surface area (Å²) in [5.41, 5.74) is 3.82. The minimum atomic E-state index is -0.537. The molecule has 0 bridgehead atoms. The van der Waals surface area contributed by atoms with E-state index in [4.69, 9.17) is 0 Å². The number of hydrogen-bond acceptors (Lipinski definition) is 2. The predicted molar refractivity (Wildman–Crippen MR) is 74.8 cm³/mol. The summed E-state index contributed by atoms with van der Waals surface area (Å²) in [6.07, 6.45) is 0.350. The third-order valence-electron chi connectivity index (χ3n) is 2.77. The Morgan fingerprint density at radius 2 is 1.79 bits per heavy atom. The first-order chi connectivity index (χ1) is 9.20. The lowest BCUT2D eigenvalue weighted by molar-refractivity contribution is -0.108. The number of nitrogens with one attached hydrogen (secondary N) is 2. The Bertz CT molecular complexity index is 594. The Labute approximate surface area is 111 Å². The molecule has 2 rings (SSSR count). The van der Waals surface area contributed by atoms with E-state index in [-0.39, 0.29) is 0 Å². The average Bonchev–Trinajstić information content (AvgIpc) is 2.42. The normalized spacial score (nSPS) is 9.74. The van der Waals surface area contributed by atoms with Crippen LogP contribution >= 0.6 is 0 Å². The van der Waals surface area contributed by atoms with Crippen LogP contribution in [0.3, 0.4) is 0 Å². The van der Waals surface area contributed by atoms with Crippen LogP contribution in [0, 0.1) is 6.92 Å². The van der Waals surface area contributed by atoms with Crippen molar-refractivity contribution < 1.29 is 9.59 Å². The first-order valence-electron chi connectivity index (χ1n) is 5.88. The fraction of sp³-hybridized carbons (Fsp3) is 0.0667. The monoisotopic (exact) mass is 254 g/mol. The summed E-state index contributed by atoms with van der Waals surface area (Å²) < 4.78 is 0. The number of carbonyl (C=O) groups excluding carboxylic acids is 2. The molecule has 0 aromatic heterocycles. The zero-order valence-corrected chi connectivity index (χ0v) is 10.5. The maximum atomic E-state index is 11.3. The number of hydrogen-bond donors (Lipinski definition) is 2. The van der Waals surface area contributed by atoms with Gasteiger partial charge in [0.1, 0.15) is 0 Å². The molecule has 0 spiro atoms. The fourth-order valence-electron chi connectivity index (χ4n) is 1.83. The molecule has 2 aromatic rings. The van der Waals surface area contributed by atoms with E-state index in [1.54, 1.807) is 0 Å². The molecule has 4 heteroatoms. The first-order valence-corrected chi connectivity index (χ1v) is 5.88. The SMILES string of the molecule is Cc1cc(-c2ccccc2)ccc1NC(=O)NC=O. The number of benzene rings is 2. The molecule has 19 heavy (non-hydrogen) atoms. The molecule has 2 N–H and O–H groups in total. The summed E-state index contributed by atoms with van der Waals surface area (Å²) in [5.74, 6) is 0. The number of rotatable bonds is 3. The molecule has 2 aromatic carbocycles. The highest BCUT2D eigenvalue weighted by atomic mass is 16.2. The van der Waals surface area contributed by atoms with Crippen molar-refractivity contribution in [2.24, 2.45) is 0 Å². The van der Waals surface area contributed by atoms with Gasteiger partial charge in [-0.25, -0.2) is 4.79 Å². The molecule has 4 nitrogen and oxygen atoms in total. The van der Waals surface area contributed by atoms with Gasteiger partial charge in [-0.1, -0.05) is 36.4 Å². The van der Waals surface area contributed by atoms with Crippen molar-refractivity contribution >= 4 is 18.1 Å². The second-order valence-electron chi connectivity index (χ2n) is 4.11. The van der Waals surface area contributed by atoms with Crippen LogP contribution in [-0.4, -0.2) is 12.4 Å². The van der Waals surface area contributed by atoms with E-state index in [1.807, 2.05) is 60.8 Å². The summed E-state index contributed by atoms with van der Waals surface area (Å²) in [7, 11) is 0. The van der Waals surface area contributed by atoms with Gasteiger partial charge < -0.3 is 5.32 Å². The lowest BCUT2D eigenvalue weighted by Crippen LogP contribution is -2.27. The molecule has 0 saturated carbocycles. The van der Waals surface area contributed by atoms with Gasteiger partial charge in [-0.2, -0.15) is 0 Å². The summed E-state index contributed by atoms with van der Waals surface area (Å²) >= 11 is 0. The average molecular weight is 254 g/mol. The molecular formula is C15H14N2O2. The van der Waals surface area contributed by atoms with Crippen molar-refractivity contribution in [2.75, 3.05) is 5.32 Å². The third-order valence-corrected chi connectivity index (χ3v) is 2.77. The molecule has 3 amide bonds. The zero-order valence-electron chi connectivity index (χ0n) is 10.5. The maximum absolute atomic E-state index is 11.3. The highest BCUT2D eigenvalue weighted by molar-refractivity contribution is 5.96. The first kappa shape index (κ1) is 12.8. The van der Waals surface area contributed by atoms with Crippen LogP contribution < -0.4 is 10.6 Å². The minimum absolute atomic E-state index is 0.350. The van der Waals surface area contributed by atoms with E-state index in [2.05, 4.69) is 5.32 Å². The molecule has 0 heterocycles. The Morgan fingerprint density at radius 1 is 1.05 bits per heavy atom. The molecule has 0 fully saturated rings. The quantitative estimate of drug-likeness (QED) is 0.827. The topological polar surface area (TPSA) is 58.2 Å². The third kappa shape index (κ3) is 3.19. The van der Waals surface area contributed by atoms with Gasteiger partial charge in [0, 0.05) is 5.69 Å². The highest BCUT2D eigenvalue weighted by Gasteiger charge is 2.05. The van der Waals surface area contributed by atoms with E-state index >= 15 is 0 Å². The van der Waals surface area contributed by atoms with Gasteiger partial charge in [0.05, 0.1) is 0 Å². The second-order valence-corrected chi connectivity index (χ2v) is 4.11. The number of aryl methyl sites for hydroxylation is 1. The zero-order chi connectivity index (χ0) is 13.7. The molecule has 0 saturated heterocycles. The number of anilines is 1. The minimum Gasteiger partial charge on any atom is -0.307 e. The lowest BCUT2D eigenvalue weighted by atomic mass is 10.0. The summed E-state index contributed by atoms with van der Waals surface area (Å²) in [6.45, 7) is 1.91. The van der Waals surface area contributed by atoms with Crippen molar-refractivity contribution in [3.8, 4) is 11.1 Å².